The van der Waals surface area contributed by atoms with Crippen molar-refractivity contribution in [2.75, 3.05) is 4.72 Å². The number of ether oxygens (including phenoxy) is 1. The highest BCUT2D eigenvalue weighted by Gasteiger charge is 2.18. The van der Waals surface area contributed by atoms with Crippen LogP contribution in [0.25, 0.3) is 0 Å². The first-order valence-corrected chi connectivity index (χ1v) is 6.72. The Balaban J connectivity index is 2.71. The van der Waals surface area contributed by atoms with E-state index in [2.05, 4.69) is 19.7 Å². The Morgan fingerprint density at radius 3 is 2.44 bits per heavy atom. The molecule has 0 saturated carbocycles. The van der Waals surface area contributed by atoms with Gasteiger partial charge in [-0.1, -0.05) is 0 Å². The van der Waals surface area contributed by atoms with Gasteiger partial charge in [0, 0.05) is 11.3 Å². The number of carbonyl (C=O) groups excluding carboxylic acids is 1. The zero-order valence-corrected chi connectivity index (χ0v) is 11.4. The van der Waals surface area contributed by atoms with Crippen LogP contribution in [-0.4, -0.2) is 30.8 Å². The summed E-state index contributed by atoms with van der Waals surface area (Å²) in [6.07, 6.45) is -1.45. The average molecular weight is 276 g/mol. The van der Waals surface area contributed by atoms with Crippen molar-refractivity contribution >= 4 is 22.1 Å². The summed E-state index contributed by atoms with van der Waals surface area (Å²) in [5.74, 6) is 0.136. The third kappa shape index (κ3) is 3.91. The van der Waals surface area contributed by atoms with Gasteiger partial charge in [0.05, 0.1) is 6.10 Å². The van der Waals surface area contributed by atoms with Gasteiger partial charge in [-0.15, -0.1) is 0 Å². The number of nitrogens with one attached hydrogen (secondary N) is 3. The van der Waals surface area contributed by atoms with E-state index in [1.807, 2.05) is 0 Å². The van der Waals surface area contributed by atoms with Gasteiger partial charge in [0.25, 0.3) is 0 Å². The number of hydrogen-bond acceptors (Lipinski definition) is 5. The van der Waals surface area contributed by atoms with Crippen LogP contribution < -0.4 is 9.44 Å². The zero-order chi connectivity index (χ0) is 13.9. The SMILES string of the molecule is Cc1[nH]nc(NS(=O)(=O)NC(=O)OC(C)C)c1C. The topological polar surface area (TPSA) is 113 Å². The van der Waals surface area contributed by atoms with Crippen molar-refractivity contribution in [3.63, 3.8) is 0 Å². The van der Waals surface area contributed by atoms with Crippen LogP contribution in [0.4, 0.5) is 10.6 Å². The van der Waals surface area contributed by atoms with Crippen LogP contribution in [0.1, 0.15) is 25.1 Å². The van der Waals surface area contributed by atoms with Gasteiger partial charge >= 0.3 is 16.3 Å². The van der Waals surface area contributed by atoms with E-state index in [9.17, 15) is 13.2 Å². The van der Waals surface area contributed by atoms with E-state index < -0.39 is 22.4 Å². The third-order valence-corrected chi connectivity index (χ3v) is 2.94. The highest BCUT2D eigenvalue weighted by molar-refractivity contribution is 7.91. The smallest absolute Gasteiger partial charge is 0.422 e. The summed E-state index contributed by atoms with van der Waals surface area (Å²) in [4.78, 5) is 11.2. The summed E-state index contributed by atoms with van der Waals surface area (Å²) >= 11 is 0. The molecule has 1 heterocycles. The highest BCUT2D eigenvalue weighted by atomic mass is 32.2. The van der Waals surface area contributed by atoms with E-state index in [0.29, 0.717) is 5.56 Å². The zero-order valence-electron chi connectivity index (χ0n) is 10.6. The number of anilines is 1. The lowest BCUT2D eigenvalue weighted by Crippen LogP contribution is -2.37. The van der Waals surface area contributed by atoms with Gasteiger partial charge in [-0.3, -0.25) is 5.10 Å². The van der Waals surface area contributed by atoms with Crippen LogP contribution in [0.5, 0.6) is 0 Å². The van der Waals surface area contributed by atoms with Crippen molar-refractivity contribution in [2.45, 2.75) is 33.8 Å². The summed E-state index contributed by atoms with van der Waals surface area (Å²) in [6.45, 7) is 6.67. The van der Waals surface area contributed by atoms with Crippen LogP contribution in [-0.2, 0) is 14.9 Å². The van der Waals surface area contributed by atoms with Gasteiger partial charge in [-0.05, 0) is 27.7 Å². The molecule has 0 aliphatic heterocycles. The number of amides is 1. The molecule has 0 aliphatic carbocycles. The molecule has 1 rings (SSSR count). The second-order valence-electron chi connectivity index (χ2n) is 3.98. The van der Waals surface area contributed by atoms with Crippen molar-refractivity contribution in [1.82, 2.24) is 14.9 Å². The van der Waals surface area contributed by atoms with Crippen LogP contribution in [0.2, 0.25) is 0 Å². The van der Waals surface area contributed by atoms with Gasteiger partial charge in [0.15, 0.2) is 5.82 Å². The molecule has 0 aromatic carbocycles. The Morgan fingerprint density at radius 2 is 2.00 bits per heavy atom. The van der Waals surface area contributed by atoms with E-state index in [4.69, 9.17) is 0 Å². The van der Waals surface area contributed by atoms with Crippen LogP contribution in [0, 0.1) is 13.8 Å². The molecule has 0 spiro atoms. The van der Waals surface area contributed by atoms with Gasteiger partial charge < -0.3 is 4.74 Å². The molecule has 0 aliphatic rings. The molecule has 102 valence electrons. The summed E-state index contributed by atoms with van der Waals surface area (Å²) < 4.78 is 31.7. The fourth-order valence-corrected chi connectivity index (χ4v) is 1.86. The number of aromatic amines is 1. The number of rotatable bonds is 4. The molecule has 0 fully saturated rings. The lowest BCUT2D eigenvalue weighted by atomic mass is 10.3. The molecule has 1 aromatic rings. The molecular formula is C9H16N4O4S. The maximum Gasteiger partial charge on any atom is 0.422 e. The number of H-pyrrole nitrogens is 1. The minimum Gasteiger partial charge on any atom is -0.446 e. The second kappa shape index (κ2) is 5.25. The maximum atomic E-state index is 11.6. The highest BCUT2D eigenvalue weighted by Crippen LogP contribution is 2.14. The van der Waals surface area contributed by atoms with Crippen LogP contribution in [0.3, 0.4) is 0 Å². The van der Waals surface area contributed by atoms with E-state index in [0.717, 1.165) is 5.69 Å². The fourth-order valence-electron chi connectivity index (χ4n) is 1.09. The first-order chi connectivity index (χ1) is 8.21. The number of hydrogen-bond donors (Lipinski definition) is 3. The summed E-state index contributed by atoms with van der Waals surface area (Å²) in [5.41, 5.74) is 1.38. The second-order valence-corrected chi connectivity index (χ2v) is 5.40. The molecule has 0 saturated heterocycles. The van der Waals surface area contributed by atoms with Crippen LogP contribution in [0.15, 0.2) is 0 Å². The normalized spacial score (nSPS) is 11.4. The number of aromatic nitrogens is 2. The van der Waals surface area contributed by atoms with Crippen molar-refractivity contribution in [3.05, 3.63) is 11.3 Å². The first kappa shape index (κ1) is 14.3. The Morgan fingerprint density at radius 1 is 1.39 bits per heavy atom. The Bertz CT molecular complexity index is 535. The molecule has 0 radical (unpaired) electrons. The monoisotopic (exact) mass is 276 g/mol. The standard InChI is InChI=1S/C9H16N4O4S/c1-5(2)17-9(14)13-18(15,16)12-8-6(3)7(4)10-11-8/h5H,1-4H3,(H,13,14)(H2,10,11,12). The average Bonchev–Trinajstić information content (AvgIpc) is 2.46. The third-order valence-electron chi connectivity index (χ3n) is 2.04. The minimum absolute atomic E-state index is 0.136. The van der Waals surface area contributed by atoms with Gasteiger partial charge in [-0.25, -0.2) is 14.2 Å². The van der Waals surface area contributed by atoms with E-state index in [1.165, 1.54) is 0 Å². The maximum absolute atomic E-state index is 11.6. The van der Waals surface area contributed by atoms with Gasteiger partial charge in [-0.2, -0.15) is 13.5 Å². The van der Waals surface area contributed by atoms with Gasteiger partial charge in [0.2, 0.25) is 0 Å². The molecule has 1 amide bonds. The number of carbonyl (C=O) groups is 1. The molecule has 0 unspecified atom stereocenters. The first-order valence-electron chi connectivity index (χ1n) is 5.24. The predicted octanol–water partition coefficient (Wildman–Crippen LogP) is 0.818. The van der Waals surface area contributed by atoms with Crippen molar-refractivity contribution in [1.29, 1.82) is 0 Å². The summed E-state index contributed by atoms with van der Waals surface area (Å²) in [7, 11) is -4.05. The minimum atomic E-state index is -4.05. The number of aryl methyl sites for hydroxylation is 1. The van der Waals surface area contributed by atoms with Crippen LogP contribution >= 0.6 is 0 Å². The molecule has 3 N–H and O–H groups in total. The lowest BCUT2D eigenvalue weighted by molar-refractivity contribution is 0.121. The lowest BCUT2D eigenvalue weighted by Gasteiger charge is -2.10. The van der Waals surface area contributed by atoms with Crippen molar-refractivity contribution < 1.29 is 17.9 Å². The Kier molecular flexibility index (Phi) is 4.17. The molecule has 1 aromatic heterocycles. The van der Waals surface area contributed by atoms with Crippen molar-refractivity contribution in [3.8, 4) is 0 Å². The molecule has 9 heteroatoms. The predicted molar refractivity (Wildman–Crippen MR) is 65.4 cm³/mol. The Labute approximate surface area is 105 Å². The quantitative estimate of drug-likeness (QED) is 0.753. The van der Waals surface area contributed by atoms with E-state index in [-0.39, 0.29) is 5.82 Å². The van der Waals surface area contributed by atoms with Gasteiger partial charge in [0.1, 0.15) is 0 Å². The summed E-state index contributed by atoms with van der Waals surface area (Å²) in [6, 6.07) is 0. The number of nitrogens with zero attached hydrogens (tertiary/aromatic N) is 1. The van der Waals surface area contributed by atoms with Crippen molar-refractivity contribution in [2.24, 2.45) is 0 Å². The molecule has 8 nitrogen and oxygen atoms in total. The largest absolute Gasteiger partial charge is 0.446 e. The molecular weight excluding hydrogens is 260 g/mol. The molecule has 0 atom stereocenters. The molecule has 0 bridgehead atoms. The fraction of sp³-hybridized carbons (Fsp3) is 0.556. The Hall–Kier alpha value is -1.77. The van der Waals surface area contributed by atoms with E-state index in [1.54, 1.807) is 32.4 Å². The molecule has 18 heavy (non-hydrogen) atoms. The summed E-state index contributed by atoms with van der Waals surface area (Å²) in [5, 5.41) is 6.39. The van der Waals surface area contributed by atoms with E-state index >= 15 is 0 Å².